The van der Waals surface area contributed by atoms with Crippen molar-refractivity contribution in [2.75, 3.05) is 26.6 Å². The van der Waals surface area contributed by atoms with E-state index in [1.54, 1.807) is 19.1 Å². The summed E-state index contributed by atoms with van der Waals surface area (Å²) in [5.74, 6) is 1.70. The summed E-state index contributed by atoms with van der Waals surface area (Å²) in [5.41, 5.74) is 4.11. The predicted octanol–water partition coefficient (Wildman–Crippen LogP) is 4.52. The van der Waals surface area contributed by atoms with Gasteiger partial charge in [-0.3, -0.25) is 4.79 Å². The van der Waals surface area contributed by atoms with Crippen LogP contribution in [0.1, 0.15) is 16.7 Å². The second-order valence-electron chi connectivity index (χ2n) is 7.14. The Hall–Kier alpha value is -3.47. The maximum Gasteiger partial charge on any atom is 0.227 e. The molecule has 5 nitrogen and oxygen atoms in total. The molecule has 0 heterocycles. The van der Waals surface area contributed by atoms with Crippen LogP contribution >= 0.6 is 0 Å². The molecule has 0 aromatic heterocycles. The number of carbonyl (C=O) groups excluding carboxylic acids is 1. The highest BCUT2D eigenvalue weighted by Crippen LogP contribution is 2.25. The topological polar surface area (TPSA) is 50.8 Å². The zero-order chi connectivity index (χ0) is 21.3. The summed E-state index contributed by atoms with van der Waals surface area (Å²) in [4.78, 5) is 14.3. The Labute approximate surface area is 178 Å². The number of amides is 1. The van der Waals surface area contributed by atoms with Crippen LogP contribution in [0.2, 0.25) is 0 Å². The maximum absolute atomic E-state index is 12.5. The Morgan fingerprint density at radius 3 is 2.30 bits per heavy atom. The van der Waals surface area contributed by atoms with Crippen molar-refractivity contribution in [3.8, 4) is 11.5 Å². The molecule has 0 aliphatic heterocycles. The molecule has 1 N–H and O–H groups in total. The van der Waals surface area contributed by atoms with Crippen LogP contribution in [0.25, 0.3) is 0 Å². The van der Waals surface area contributed by atoms with Gasteiger partial charge < -0.3 is 19.7 Å². The van der Waals surface area contributed by atoms with E-state index in [1.165, 1.54) is 0 Å². The first-order valence-electron chi connectivity index (χ1n) is 9.90. The second kappa shape index (κ2) is 10.3. The zero-order valence-electron chi connectivity index (χ0n) is 17.7. The van der Waals surface area contributed by atoms with Gasteiger partial charge in [0, 0.05) is 31.4 Å². The van der Waals surface area contributed by atoms with Gasteiger partial charge in [0.1, 0.15) is 11.5 Å². The van der Waals surface area contributed by atoms with Gasteiger partial charge in [0.2, 0.25) is 5.91 Å². The molecule has 0 atom stereocenters. The summed E-state index contributed by atoms with van der Waals surface area (Å²) >= 11 is 0. The van der Waals surface area contributed by atoms with E-state index in [2.05, 4.69) is 5.32 Å². The van der Waals surface area contributed by atoms with Crippen LogP contribution in [0.4, 0.5) is 5.69 Å². The molecule has 0 aliphatic carbocycles. The van der Waals surface area contributed by atoms with E-state index in [0.717, 1.165) is 33.9 Å². The summed E-state index contributed by atoms with van der Waals surface area (Å²) in [6, 6.07) is 23.7. The predicted molar refractivity (Wildman–Crippen MR) is 120 cm³/mol. The van der Waals surface area contributed by atoms with Crippen LogP contribution in [0.5, 0.6) is 11.5 Å². The van der Waals surface area contributed by atoms with Gasteiger partial charge in [-0.15, -0.1) is 0 Å². The number of hydrogen-bond acceptors (Lipinski definition) is 4. The third-order valence-electron chi connectivity index (χ3n) is 4.97. The van der Waals surface area contributed by atoms with Crippen molar-refractivity contribution < 1.29 is 14.3 Å². The van der Waals surface area contributed by atoms with Gasteiger partial charge in [-0.1, -0.05) is 42.5 Å². The number of ether oxygens (including phenoxy) is 2. The van der Waals surface area contributed by atoms with E-state index in [0.29, 0.717) is 19.5 Å². The van der Waals surface area contributed by atoms with Gasteiger partial charge in [0.25, 0.3) is 0 Å². The Bertz CT molecular complexity index is 956. The Kier molecular flexibility index (Phi) is 7.33. The maximum atomic E-state index is 12.5. The molecule has 0 saturated heterocycles. The van der Waals surface area contributed by atoms with E-state index >= 15 is 0 Å². The number of nitrogens with one attached hydrogen (secondary N) is 1. The number of anilines is 1. The van der Waals surface area contributed by atoms with Crippen LogP contribution in [-0.4, -0.2) is 32.1 Å². The molecule has 156 valence electrons. The summed E-state index contributed by atoms with van der Waals surface area (Å²) in [6.07, 6.45) is 0.382. The number of nitrogens with zero attached hydrogens (tertiary/aromatic N) is 1. The molecule has 3 aromatic rings. The summed E-state index contributed by atoms with van der Waals surface area (Å²) in [5, 5.41) is 3.39. The SMILES string of the molecule is COc1ccc(OC)c(CNc2ccc(CC(=O)N(C)Cc3ccccc3)cc2)c1. The number of carbonyl (C=O) groups is 1. The fourth-order valence-corrected chi connectivity index (χ4v) is 3.21. The van der Waals surface area contributed by atoms with Gasteiger partial charge in [-0.05, 0) is 41.5 Å². The molecule has 3 aromatic carbocycles. The second-order valence-corrected chi connectivity index (χ2v) is 7.14. The zero-order valence-corrected chi connectivity index (χ0v) is 17.7. The minimum Gasteiger partial charge on any atom is -0.497 e. The lowest BCUT2D eigenvalue weighted by Gasteiger charge is -2.17. The number of likely N-dealkylation sites (N-methyl/N-ethyl adjacent to an activating group) is 1. The molecule has 0 unspecified atom stereocenters. The lowest BCUT2D eigenvalue weighted by Crippen LogP contribution is -2.27. The summed E-state index contributed by atoms with van der Waals surface area (Å²) in [7, 11) is 5.15. The third-order valence-corrected chi connectivity index (χ3v) is 4.97. The molecular formula is C25H28N2O3. The van der Waals surface area contributed by atoms with E-state index in [9.17, 15) is 4.79 Å². The molecular weight excluding hydrogens is 376 g/mol. The fraction of sp³-hybridized carbons (Fsp3) is 0.240. The summed E-state index contributed by atoms with van der Waals surface area (Å²) < 4.78 is 10.7. The highest BCUT2D eigenvalue weighted by molar-refractivity contribution is 5.78. The average molecular weight is 405 g/mol. The minimum atomic E-state index is 0.0979. The Morgan fingerprint density at radius 2 is 1.63 bits per heavy atom. The van der Waals surface area contributed by atoms with Crippen LogP contribution < -0.4 is 14.8 Å². The monoisotopic (exact) mass is 404 g/mol. The first kappa shape index (κ1) is 21.2. The quantitative estimate of drug-likeness (QED) is 0.570. The van der Waals surface area contributed by atoms with Gasteiger partial charge in [-0.2, -0.15) is 0 Å². The Balaban J connectivity index is 1.55. The lowest BCUT2D eigenvalue weighted by molar-refractivity contribution is -0.129. The largest absolute Gasteiger partial charge is 0.497 e. The van der Waals surface area contributed by atoms with E-state index in [1.807, 2.05) is 79.8 Å². The van der Waals surface area contributed by atoms with Gasteiger partial charge in [-0.25, -0.2) is 0 Å². The van der Waals surface area contributed by atoms with Crippen molar-refractivity contribution in [2.45, 2.75) is 19.5 Å². The van der Waals surface area contributed by atoms with E-state index in [-0.39, 0.29) is 5.91 Å². The van der Waals surface area contributed by atoms with Crippen LogP contribution in [0.15, 0.2) is 72.8 Å². The van der Waals surface area contributed by atoms with Crippen molar-refractivity contribution in [1.29, 1.82) is 0 Å². The molecule has 0 fully saturated rings. The normalized spacial score (nSPS) is 10.4. The molecule has 0 saturated carbocycles. The molecule has 0 aliphatic rings. The van der Waals surface area contributed by atoms with Gasteiger partial charge in [0.05, 0.1) is 20.6 Å². The first-order valence-corrected chi connectivity index (χ1v) is 9.90. The average Bonchev–Trinajstić information content (AvgIpc) is 2.79. The van der Waals surface area contributed by atoms with E-state index < -0.39 is 0 Å². The van der Waals surface area contributed by atoms with Crippen LogP contribution in [0, 0.1) is 0 Å². The summed E-state index contributed by atoms with van der Waals surface area (Å²) in [6.45, 7) is 1.22. The molecule has 3 rings (SSSR count). The van der Waals surface area contributed by atoms with Crippen molar-refractivity contribution in [3.05, 3.63) is 89.5 Å². The van der Waals surface area contributed by atoms with Crippen LogP contribution in [-0.2, 0) is 24.3 Å². The number of methoxy groups -OCH3 is 2. The van der Waals surface area contributed by atoms with Crippen molar-refractivity contribution in [3.63, 3.8) is 0 Å². The van der Waals surface area contributed by atoms with E-state index in [4.69, 9.17) is 9.47 Å². The molecule has 0 radical (unpaired) electrons. The molecule has 1 amide bonds. The number of hydrogen-bond donors (Lipinski definition) is 1. The molecule has 30 heavy (non-hydrogen) atoms. The highest BCUT2D eigenvalue weighted by atomic mass is 16.5. The highest BCUT2D eigenvalue weighted by Gasteiger charge is 2.10. The van der Waals surface area contributed by atoms with Crippen molar-refractivity contribution >= 4 is 11.6 Å². The number of benzene rings is 3. The van der Waals surface area contributed by atoms with Crippen molar-refractivity contribution in [2.24, 2.45) is 0 Å². The fourth-order valence-electron chi connectivity index (χ4n) is 3.21. The molecule has 0 spiro atoms. The standard InChI is InChI=1S/C25H28N2O3/c1-27(18-20-7-5-4-6-8-20)25(28)15-19-9-11-22(12-10-19)26-17-21-16-23(29-2)13-14-24(21)30-3/h4-14,16,26H,15,17-18H2,1-3H3. The number of rotatable bonds is 9. The van der Waals surface area contributed by atoms with Crippen molar-refractivity contribution in [1.82, 2.24) is 4.90 Å². The molecule has 0 bridgehead atoms. The lowest BCUT2D eigenvalue weighted by atomic mass is 10.1. The smallest absolute Gasteiger partial charge is 0.227 e. The van der Waals surface area contributed by atoms with Crippen LogP contribution in [0.3, 0.4) is 0 Å². The minimum absolute atomic E-state index is 0.0979. The first-order chi connectivity index (χ1) is 14.6. The third kappa shape index (κ3) is 5.77. The molecule has 5 heteroatoms. The van der Waals surface area contributed by atoms with Gasteiger partial charge in [0.15, 0.2) is 0 Å². The van der Waals surface area contributed by atoms with Gasteiger partial charge >= 0.3 is 0 Å². The Morgan fingerprint density at radius 1 is 0.900 bits per heavy atom.